The van der Waals surface area contributed by atoms with E-state index in [9.17, 15) is 0 Å². The fourth-order valence-electron chi connectivity index (χ4n) is 2.07. The van der Waals surface area contributed by atoms with Gasteiger partial charge in [0, 0.05) is 15.7 Å². The minimum Gasteiger partial charge on any atom is -0.278 e. The maximum atomic E-state index is 6.06. The van der Waals surface area contributed by atoms with Crippen LogP contribution in [0.2, 0.25) is 5.02 Å². The van der Waals surface area contributed by atoms with Gasteiger partial charge in [-0.15, -0.1) is 10.2 Å². The largest absolute Gasteiger partial charge is 0.278 e. The zero-order chi connectivity index (χ0) is 14.8. The maximum absolute atomic E-state index is 6.06. The average Bonchev–Trinajstić information content (AvgIpc) is 2.95. The van der Waals surface area contributed by atoms with Crippen molar-refractivity contribution in [3.8, 4) is 17.1 Å². The number of para-hydroxylation sites is 1. The molecule has 6 heteroatoms. The van der Waals surface area contributed by atoms with E-state index in [2.05, 4.69) is 42.1 Å². The third kappa shape index (κ3) is 2.91. The molecule has 1 heterocycles. The van der Waals surface area contributed by atoms with Gasteiger partial charge < -0.3 is 0 Å². The van der Waals surface area contributed by atoms with E-state index in [1.165, 1.54) is 0 Å². The smallest absolute Gasteiger partial charge is 0.168 e. The number of hydrogen-bond acceptors (Lipinski definition) is 2. The van der Waals surface area contributed by atoms with Crippen molar-refractivity contribution in [2.45, 2.75) is 5.33 Å². The van der Waals surface area contributed by atoms with Crippen molar-refractivity contribution < 1.29 is 0 Å². The van der Waals surface area contributed by atoms with Crippen molar-refractivity contribution >= 4 is 43.5 Å². The SMILES string of the molecule is Clc1ccc(-c2nnc(CBr)n2-c2ccccc2)cc1Br. The van der Waals surface area contributed by atoms with Crippen LogP contribution < -0.4 is 0 Å². The Morgan fingerprint density at radius 1 is 1.05 bits per heavy atom. The van der Waals surface area contributed by atoms with Crippen molar-refractivity contribution in [3.63, 3.8) is 0 Å². The van der Waals surface area contributed by atoms with E-state index < -0.39 is 0 Å². The highest BCUT2D eigenvalue weighted by Crippen LogP contribution is 2.30. The number of rotatable bonds is 3. The quantitative estimate of drug-likeness (QED) is 0.535. The number of halogens is 3. The van der Waals surface area contributed by atoms with Gasteiger partial charge in [-0.3, -0.25) is 4.57 Å². The highest BCUT2D eigenvalue weighted by atomic mass is 79.9. The number of benzene rings is 2. The molecule has 3 aromatic rings. The van der Waals surface area contributed by atoms with Gasteiger partial charge in [-0.05, 0) is 46.3 Å². The molecule has 1 aromatic heterocycles. The van der Waals surface area contributed by atoms with Gasteiger partial charge >= 0.3 is 0 Å². The summed E-state index contributed by atoms with van der Waals surface area (Å²) in [5.74, 6) is 1.63. The molecule has 21 heavy (non-hydrogen) atoms. The molecule has 0 fully saturated rings. The number of hydrogen-bond donors (Lipinski definition) is 0. The molecule has 0 spiro atoms. The van der Waals surface area contributed by atoms with Crippen LogP contribution in [0.25, 0.3) is 17.1 Å². The van der Waals surface area contributed by atoms with Crippen LogP contribution in [0.3, 0.4) is 0 Å². The van der Waals surface area contributed by atoms with Gasteiger partial charge in [0.05, 0.1) is 10.4 Å². The van der Waals surface area contributed by atoms with Crippen LogP contribution >= 0.6 is 43.5 Å². The van der Waals surface area contributed by atoms with Crippen molar-refractivity contribution in [2.24, 2.45) is 0 Å². The van der Waals surface area contributed by atoms with Gasteiger partial charge in [0.1, 0.15) is 5.82 Å². The molecule has 0 unspecified atom stereocenters. The lowest BCUT2D eigenvalue weighted by molar-refractivity contribution is 0.962. The lowest BCUT2D eigenvalue weighted by Crippen LogP contribution is -2.01. The van der Waals surface area contributed by atoms with Crippen LogP contribution in [0.5, 0.6) is 0 Å². The summed E-state index contributed by atoms with van der Waals surface area (Å²) < 4.78 is 2.87. The van der Waals surface area contributed by atoms with Gasteiger partial charge in [-0.2, -0.15) is 0 Å². The normalized spacial score (nSPS) is 10.8. The van der Waals surface area contributed by atoms with E-state index in [4.69, 9.17) is 11.6 Å². The van der Waals surface area contributed by atoms with Gasteiger partial charge in [0.2, 0.25) is 0 Å². The van der Waals surface area contributed by atoms with Crippen LogP contribution in [0.4, 0.5) is 0 Å². The van der Waals surface area contributed by atoms with Gasteiger partial charge in [-0.25, -0.2) is 0 Å². The molecule has 0 amide bonds. The zero-order valence-electron chi connectivity index (χ0n) is 10.8. The maximum Gasteiger partial charge on any atom is 0.168 e. The van der Waals surface area contributed by atoms with E-state index in [1.54, 1.807) is 0 Å². The first-order valence-electron chi connectivity index (χ1n) is 6.22. The fourth-order valence-corrected chi connectivity index (χ4v) is 2.93. The molecule has 3 rings (SSSR count). The molecular weight excluding hydrogens is 417 g/mol. The molecule has 0 aliphatic carbocycles. The van der Waals surface area contributed by atoms with Gasteiger partial charge in [0.25, 0.3) is 0 Å². The van der Waals surface area contributed by atoms with Crippen molar-refractivity contribution in [3.05, 3.63) is 63.9 Å². The molecule has 0 N–H and O–H groups in total. The summed E-state index contributed by atoms with van der Waals surface area (Å²) in [5.41, 5.74) is 1.98. The minimum absolute atomic E-state index is 0.629. The first-order chi connectivity index (χ1) is 10.2. The second-order valence-electron chi connectivity index (χ2n) is 4.37. The van der Waals surface area contributed by atoms with Crippen LogP contribution in [-0.4, -0.2) is 14.8 Å². The first-order valence-corrected chi connectivity index (χ1v) is 8.51. The number of nitrogens with zero attached hydrogens (tertiary/aromatic N) is 3. The molecule has 0 saturated heterocycles. The summed E-state index contributed by atoms with van der Waals surface area (Å²) in [7, 11) is 0. The second-order valence-corrected chi connectivity index (χ2v) is 6.20. The van der Waals surface area contributed by atoms with E-state index in [0.29, 0.717) is 10.4 Å². The van der Waals surface area contributed by atoms with E-state index >= 15 is 0 Å². The van der Waals surface area contributed by atoms with E-state index in [-0.39, 0.29) is 0 Å². The standard InChI is InChI=1S/C15H10Br2ClN3/c16-9-14-19-20-15(10-6-7-13(18)12(17)8-10)21(14)11-4-2-1-3-5-11/h1-8H,9H2. The first kappa shape index (κ1) is 14.8. The number of aromatic nitrogens is 3. The third-order valence-corrected chi connectivity index (χ3v) is 4.76. The summed E-state index contributed by atoms with van der Waals surface area (Å²) in [6.45, 7) is 0. The summed E-state index contributed by atoms with van der Waals surface area (Å²) in [6.07, 6.45) is 0. The van der Waals surface area contributed by atoms with Gasteiger partial charge in [-0.1, -0.05) is 45.7 Å². The lowest BCUT2D eigenvalue weighted by Gasteiger charge is -2.10. The summed E-state index contributed by atoms with van der Waals surface area (Å²) in [6, 6.07) is 15.8. The Labute approximate surface area is 144 Å². The van der Waals surface area contributed by atoms with E-state index in [0.717, 1.165) is 27.4 Å². The summed E-state index contributed by atoms with van der Waals surface area (Å²) in [4.78, 5) is 0. The molecule has 0 bridgehead atoms. The predicted octanol–water partition coefficient (Wildman–Crippen LogP) is 5.25. The van der Waals surface area contributed by atoms with Crippen LogP contribution in [-0.2, 0) is 5.33 Å². The van der Waals surface area contributed by atoms with Crippen molar-refractivity contribution in [2.75, 3.05) is 0 Å². The van der Waals surface area contributed by atoms with Crippen LogP contribution in [0, 0.1) is 0 Å². The lowest BCUT2D eigenvalue weighted by atomic mass is 10.2. The molecule has 0 aliphatic rings. The molecule has 0 aliphatic heterocycles. The average molecular weight is 428 g/mol. The Kier molecular flexibility index (Phi) is 4.42. The summed E-state index contributed by atoms with van der Waals surface area (Å²) in [5, 5.41) is 9.88. The van der Waals surface area contributed by atoms with E-state index in [1.807, 2.05) is 53.1 Å². The Balaban J connectivity index is 2.20. The Morgan fingerprint density at radius 2 is 1.81 bits per heavy atom. The fraction of sp³-hybridized carbons (Fsp3) is 0.0667. The predicted molar refractivity (Wildman–Crippen MR) is 92.1 cm³/mol. The molecule has 106 valence electrons. The molecule has 0 saturated carbocycles. The highest BCUT2D eigenvalue weighted by Gasteiger charge is 2.15. The molecule has 3 nitrogen and oxygen atoms in total. The van der Waals surface area contributed by atoms with Crippen LogP contribution in [0.1, 0.15) is 5.82 Å². The molecule has 2 aromatic carbocycles. The Bertz CT molecular complexity index is 772. The topological polar surface area (TPSA) is 30.7 Å². The van der Waals surface area contributed by atoms with Crippen molar-refractivity contribution in [1.82, 2.24) is 14.8 Å². The zero-order valence-corrected chi connectivity index (χ0v) is 14.7. The highest BCUT2D eigenvalue weighted by molar-refractivity contribution is 9.10. The Morgan fingerprint density at radius 3 is 2.48 bits per heavy atom. The monoisotopic (exact) mass is 425 g/mol. The number of alkyl halides is 1. The minimum atomic E-state index is 0.629. The second kappa shape index (κ2) is 6.30. The van der Waals surface area contributed by atoms with Crippen LogP contribution in [0.15, 0.2) is 53.0 Å². The molecule has 0 radical (unpaired) electrons. The molecule has 0 atom stereocenters. The third-order valence-electron chi connectivity index (χ3n) is 3.04. The molecular formula is C15H10Br2ClN3. The Hall–Kier alpha value is -1.17. The van der Waals surface area contributed by atoms with Crippen molar-refractivity contribution in [1.29, 1.82) is 0 Å². The van der Waals surface area contributed by atoms with Gasteiger partial charge in [0.15, 0.2) is 5.82 Å². The summed E-state index contributed by atoms with van der Waals surface area (Å²) >= 11 is 13.0.